The van der Waals surface area contributed by atoms with Gasteiger partial charge in [-0.05, 0) is 39.2 Å². The molecule has 1 fully saturated rings. The number of nitrogens with two attached hydrogens (primary N) is 1. The number of nitro benzene ring substituents is 1. The minimum absolute atomic E-state index is 0.0786. The van der Waals surface area contributed by atoms with Crippen LogP contribution in [-0.4, -0.2) is 52.0 Å². The van der Waals surface area contributed by atoms with Crippen molar-refractivity contribution in [2.45, 2.75) is 57.7 Å². The van der Waals surface area contributed by atoms with Gasteiger partial charge in [-0.15, -0.1) is 0 Å². The first-order chi connectivity index (χ1) is 13.5. The van der Waals surface area contributed by atoms with E-state index in [-0.39, 0.29) is 12.1 Å². The summed E-state index contributed by atoms with van der Waals surface area (Å²) in [6, 6.07) is 3.96. The predicted octanol–water partition coefficient (Wildman–Crippen LogP) is 1.51. The van der Waals surface area contributed by atoms with Crippen molar-refractivity contribution in [3.05, 3.63) is 39.9 Å². The summed E-state index contributed by atoms with van der Waals surface area (Å²) < 4.78 is 5.24. The minimum Gasteiger partial charge on any atom is -0.444 e. The fraction of sp³-hybridized carbons (Fsp3) is 0.526. The summed E-state index contributed by atoms with van der Waals surface area (Å²) >= 11 is 0. The van der Waals surface area contributed by atoms with E-state index in [1.165, 1.54) is 29.2 Å². The molecule has 1 saturated heterocycles. The Morgan fingerprint density at radius 3 is 2.45 bits per heavy atom. The smallest absolute Gasteiger partial charge is 0.408 e. The van der Waals surface area contributed by atoms with Crippen LogP contribution in [0.4, 0.5) is 10.5 Å². The van der Waals surface area contributed by atoms with Gasteiger partial charge < -0.3 is 20.7 Å². The Morgan fingerprint density at radius 2 is 1.93 bits per heavy atom. The Morgan fingerprint density at radius 1 is 1.31 bits per heavy atom. The molecule has 10 nitrogen and oxygen atoms in total. The number of non-ortho nitro benzene ring substituents is 1. The van der Waals surface area contributed by atoms with Crippen molar-refractivity contribution in [1.29, 1.82) is 0 Å². The third-order valence-electron chi connectivity index (χ3n) is 4.44. The van der Waals surface area contributed by atoms with E-state index < -0.39 is 40.5 Å². The molecule has 0 saturated carbocycles. The van der Waals surface area contributed by atoms with Gasteiger partial charge in [0.15, 0.2) is 0 Å². The summed E-state index contributed by atoms with van der Waals surface area (Å²) in [7, 11) is 0. The van der Waals surface area contributed by atoms with E-state index in [1.807, 2.05) is 0 Å². The van der Waals surface area contributed by atoms with Gasteiger partial charge in [0.05, 0.1) is 4.92 Å². The second-order valence-corrected chi connectivity index (χ2v) is 7.92. The number of ether oxygens (including phenoxy) is 1. The number of nitrogens with zero attached hydrogens (tertiary/aromatic N) is 2. The number of benzene rings is 1. The quantitative estimate of drug-likeness (QED) is 0.541. The number of nitro groups is 1. The van der Waals surface area contributed by atoms with Crippen LogP contribution in [0.5, 0.6) is 0 Å². The van der Waals surface area contributed by atoms with E-state index in [0.717, 1.165) is 0 Å². The average molecular weight is 406 g/mol. The van der Waals surface area contributed by atoms with Crippen LogP contribution >= 0.6 is 0 Å². The molecule has 1 aromatic rings. The first kappa shape index (κ1) is 22.1. The first-order valence-electron chi connectivity index (χ1n) is 9.30. The number of carbonyl (C=O) groups excluding carboxylic acids is 3. The zero-order valence-electron chi connectivity index (χ0n) is 16.7. The Balaban J connectivity index is 2.22. The lowest BCUT2D eigenvalue weighted by molar-refractivity contribution is -0.384. The summed E-state index contributed by atoms with van der Waals surface area (Å²) in [4.78, 5) is 48.7. The fourth-order valence-electron chi connectivity index (χ4n) is 3.17. The second kappa shape index (κ2) is 8.89. The number of rotatable bonds is 6. The van der Waals surface area contributed by atoms with Crippen molar-refractivity contribution >= 4 is 23.6 Å². The van der Waals surface area contributed by atoms with Crippen LogP contribution in [0.25, 0.3) is 0 Å². The van der Waals surface area contributed by atoms with E-state index in [2.05, 4.69) is 5.32 Å². The lowest BCUT2D eigenvalue weighted by Crippen LogP contribution is -2.54. The number of hydrogen-bond acceptors (Lipinski definition) is 6. The van der Waals surface area contributed by atoms with Crippen molar-refractivity contribution < 1.29 is 24.0 Å². The van der Waals surface area contributed by atoms with E-state index in [0.29, 0.717) is 24.9 Å². The standard InChI is InChI=1S/C19H26N4O6/c1-19(2,3)29-18(26)21-14(11-12-6-8-13(9-7-12)23(27)28)17(25)22-10-4-5-15(22)16(20)24/h6-9,14-15H,4-5,10-11H2,1-3H3,(H2,20,24)(H,21,26)/t14-,15-/m0/s1. The zero-order valence-corrected chi connectivity index (χ0v) is 16.7. The van der Waals surface area contributed by atoms with Crippen LogP contribution in [-0.2, 0) is 20.7 Å². The topological polar surface area (TPSA) is 145 Å². The number of alkyl carbamates (subject to hydrolysis) is 1. The molecule has 10 heteroatoms. The maximum Gasteiger partial charge on any atom is 0.408 e. The molecule has 0 spiro atoms. The Hall–Kier alpha value is -3.17. The van der Waals surface area contributed by atoms with Crippen molar-refractivity contribution in [2.24, 2.45) is 5.73 Å². The minimum atomic E-state index is -1.01. The van der Waals surface area contributed by atoms with Gasteiger partial charge in [-0.25, -0.2) is 4.79 Å². The predicted molar refractivity (Wildman–Crippen MR) is 104 cm³/mol. The molecule has 0 unspecified atom stereocenters. The van der Waals surface area contributed by atoms with Crippen molar-refractivity contribution in [2.75, 3.05) is 6.54 Å². The van der Waals surface area contributed by atoms with Gasteiger partial charge in [0.2, 0.25) is 11.8 Å². The van der Waals surface area contributed by atoms with Gasteiger partial charge in [-0.3, -0.25) is 19.7 Å². The number of nitrogens with one attached hydrogen (secondary N) is 1. The summed E-state index contributed by atoms with van der Waals surface area (Å²) in [6.45, 7) is 5.45. The summed E-state index contributed by atoms with van der Waals surface area (Å²) in [5.74, 6) is -1.04. The molecule has 3 N–H and O–H groups in total. The van der Waals surface area contributed by atoms with E-state index in [4.69, 9.17) is 10.5 Å². The van der Waals surface area contributed by atoms with Crippen molar-refractivity contribution in [3.63, 3.8) is 0 Å². The zero-order chi connectivity index (χ0) is 21.8. The normalized spacial score (nSPS) is 17.5. The molecule has 2 atom stereocenters. The first-order valence-corrected chi connectivity index (χ1v) is 9.30. The molecule has 3 amide bonds. The van der Waals surface area contributed by atoms with E-state index >= 15 is 0 Å². The van der Waals surface area contributed by atoms with Crippen molar-refractivity contribution in [3.8, 4) is 0 Å². The Bertz CT molecular complexity index is 787. The van der Waals surface area contributed by atoms with Gasteiger partial charge in [0, 0.05) is 25.1 Å². The molecule has 0 bridgehead atoms. The van der Waals surface area contributed by atoms with Gasteiger partial charge in [-0.2, -0.15) is 0 Å². The fourth-order valence-corrected chi connectivity index (χ4v) is 3.17. The van der Waals surface area contributed by atoms with Crippen LogP contribution in [0, 0.1) is 10.1 Å². The molecule has 0 aromatic heterocycles. The number of amides is 3. The molecule has 1 aromatic carbocycles. The molecule has 0 radical (unpaired) electrons. The Labute approximate surface area is 168 Å². The number of primary amides is 1. The lowest BCUT2D eigenvalue weighted by atomic mass is 10.0. The summed E-state index contributed by atoms with van der Waals surface area (Å²) in [6.07, 6.45) is 0.416. The highest BCUT2D eigenvalue weighted by atomic mass is 16.6. The molecule has 0 aliphatic carbocycles. The average Bonchev–Trinajstić information content (AvgIpc) is 3.09. The van der Waals surface area contributed by atoms with Crippen LogP contribution in [0.1, 0.15) is 39.2 Å². The lowest BCUT2D eigenvalue weighted by Gasteiger charge is -2.29. The molecular weight excluding hydrogens is 380 g/mol. The summed E-state index contributed by atoms with van der Waals surface area (Å²) in [5.41, 5.74) is 5.18. The molecule has 2 rings (SSSR count). The van der Waals surface area contributed by atoms with Gasteiger partial charge >= 0.3 is 6.09 Å². The van der Waals surface area contributed by atoms with E-state index in [9.17, 15) is 24.5 Å². The molecule has 1 heterocycles. The third kappa shape index (κ3) is 6.16. The molecule has 158 valence electrons. The SMILES string of the molecule is CC(C)(C)OC(=O)N[C@@H](Cc1ccc([N+](=O)[O-])cc1)C(=O)N1CCC[C@H]1C(N)=O. The van der Waals surface area contributed by atoms with Gasteiger partial charge in [0.25, 0.3) is 5.69 Å². The number of likely N-dealkylation sites (tertiary alicyclic amines) is 1. The number of carbonyl (C=O) groups is 3. The monoisotopic (exact) mass is 406 g/mol. The highest BCUT2D eigenvalue weighted by Gasteiger charge is 2.37. The molecule has 29 heavy (non-hydrogen) atoms. The third-order valence-corrected chi connectivity index (χ3v) is 4.44. The summed E-state index contributed by atoms with van der Waals surface area (Å²) in [5, 5.41) is 13.4. The van der Waals surface area contributed by atoms with Crippen LogP contribution in [0.2, 0.25) is 0 Å². The van der Waals surface area contributed by atoms with Gasteiger partial charge in [0.1, 0.15) is 17.7 Å². The highest BCUT2D eigenvalue weighted by molar-refractivity contribution is 5.91. The van der Waals surface area contributed by atoms with Crippen molar-refractivity contribution in [1.82, 2.24) is 10.2 Å². The Kier molecular flexibility index (Phi) is 6.78. The van der Waals surface area contributed by atoms with Crippen LogP contribution < -0.4 is 11.1 Å². The van der Waals surface area contributed by atoms with Crippen LogP contribution in [0.3, 0.4) is 0 Å². The maximum atomic E-state index is 13.1. The van der Waals surface area contributed by atoms with Gasteiger partial charge in [-0.1, -0.05) is 12.1 Å². The maximum absolute atomic E-state index is 13.1. The largest absolute Gasteiger partial charge is 0.444 e. The molecule has 1 aliphatic heterocycles. The second-order valence-electron chi connectivity index (χ2n) is 7.92. The highest BCUT2D eigenvalue weighted by Crippen LogP contribution is 2.20. The molecule has 1 aliphatic rings. The van der Waals surface area contributed by atoms with Crippen LogP contribution in [0.15, 0.2) is 24.3 Å². The van der Waals surface area contributed by atoms with E-state index in [1.54, 1.807) is 20.8 Å². The molecular formula is C19H26N4O6. The number of hydrogen-bond donors (Lipinski definition) is 2.